The number of piperidine rings is 1. The van der Waals surface area contributed by atoms with Crippen LogP contribution in [0.5, 0.6) is 0 Å². The Labute approximate surface area is 95.4 Å². The largest absolute Gasteiger partial charge is 0.316 e. The number of carbonyl (C=O) groups excluding carboxylic acids is 1. The van der Waals surface area contributed by atoms with Crippen molar-refractivity contribution in [1.29, 1.82) is 0 Å². The summed E-state index contributed by atoms with van der Waals surface area (Å²) in [4.78, 5) is 13.8. The lowest BCUT2D eigenvalue weighted by atomic mass is 9.90. The summed E-state index contributed by atoms with van der Waals surface area (Å²) in [5.41, 5.74) is 2.45. The zero-order valence-electron chi connectivity index (χ0n) is 9.44. The van der Waals surface area contributed by atoms with Crippen LogP contribution in [0.1, 0.15) is 24.8 Å². The second-order valence-corrected chi connectivity index (χ2v) is 4.61. The van der Waals surface area contributed by atoms with Crippen LogP contribution >= 0.6 is 0 Å². The van der Waals surface area contributed by atoms with E-state index < -0.39 is 0 Å². The molecule has 1 N–H and O–H groups in total. The van der Waals surface area contributed by atoms with E-state index in [1.807, 2.05) is 11.0 Å². The van der Waals surface area contributed by atoms with Crippen LogP contribution in [0.25, 0.3) is 0 Å². The van der Waals surface area contributed by atoms with Crippen molar-refractivity contribution in [3.05, 3.63) is 29.8 Å². The Bertz CT molecular complexity index is 430. The highest BCUT2D eigenvalue weighted by atomic mass is 16.2. The zero-order valence-corrected chi connectivity index (χ0v) is 9.44. The summed E-state index contributed by atoms with van der Waals surface area (Å²) in [5, 5.41) is 3.42. The summed E-state index contributed by atoms with van der Waals surface area (Å²) < 4.78 is 0. The van der Waals surface area contributed by atoms with Gasteiger partial charge in [0.25, 0.3) is 0 Å². The average molecular weight is 216 g/mol. The van der Waals surface area contributed by atoms with E-state index in [0.29, 0.717) is 12.0 Å². The molecule has 2 aliphatic rings. The fraction of sp³-hybridized carbons (Fsp3) is 0.462. The van der Waals surface area contributed by atoms with Crippen molar-refractivity contribution in [2.24, 2.45) is 0 Å². The van der Waals surface area contributed by atoms with Crippen LogP contribution in [-0.2, 0) is 4.79 Å². The quantitative estimate of drug-likeness (QED) is 0.712. The van der Waals surface area contributed by atoms with Gasteiger partial charge >= 0.3 is 0 Å². The number of amides is 1. The SMILES string of the molecule is CC(=O)N1c2ccccc2[C@@H]2CNCC[C@@H]21. The summed E-state index contributed by atoms with van der Waals surface area (Å²) in [6, 6.07) is 8.67. The van der Waals surface area contributed by atoms with Crippen molar-refractivity contribution in [3.63, 3.8) is 0 Å². The smallest absolute Gasteiger partial charge is 0.224 e. The number of hydrogen-bond acceptors (Lipinski definition) is 2. The van der Waals surface area contributed by atoms with Crippen LogP contribution in [0.3, 0.4) is 0 Å². The van der Waals surface area contributed by atoms with Crippen LogP contribution in [0.4, 0.5) is 5.69 Å². The molecule has 3 rings (SSSR count). The van der Waals surface area contributed by atoms with Gasteiger partial charge in [0.15, 0.2) is 0 Å². The van der Waals surface area contributed by atoms with Gasteiger partial charge in [-0.05, 0) is 24.6 Å². The number of fused-ring (bicyclic) bond motifs is 3. The Balaban J connectivity index is 2.09. The fourth-order valence-electron chi connectivity index (χ4n) is 3.07. The molecule has 1 fully saturated rings. The van der Waals surface area contributed by atoms with Gasteiger partial charge in [0.1, 0.15) is 0 Å². The normalized spacial score (nSPS) is 27.4. The number of para-hydroxylation sites is 1. The van der Waals surface area contributed by atoms with Gasteiger partial charge in [-0.2, -0.15) is 0 Å². The Morgan fingerprint density at radius 3 is 3.06 bits per heavy atom. The number of anilines is 1. The van der Waals surface area contributed by atoms with E-state index >= 15 is 0 Å². The Morgan fingerprint density at radius 2 is 2.25 bits per heavy atom. The zero-order chi connectivity index (χ0) is 11.1. The first-order valence-electron chi connectivity index (χ1n) is 5.88. The molecule has 84 valence electrons. The summed E-state index contributed by atoms with van der Waals surface area (Å²) in [5.74, 6) is 0.649. The lowest BCUT2D eigenvalue weighted by molar-refractivity contribution is -0.117. The molecule has 2 atom stereocenters. The van der Waals surface area contributed by atoms with Gasteiger partial charge in [-0.1, -0.05) is 18.2 Å². The second-order valence-electron chi connectivity index (χ2n) is 4.61. The van der Waals surface area contributed by atoms with Gasteiger partial charge in [-0.15, -0.1) is 0 Å². The standard InChI is InChI=1S/C13H16N2O/c1-9(16)15-12-5-3-2-4-10(12)11-8-14-7-6-13(11)15/h2-5,11,13-14H,6-8H2,1H3/t11-,13-/m0/s1. The van der Waals surface area contributed by atoms with E-state index in [1.54, 1.807) is 6.92 Å². The molecule has 3 nitrogen and oxygen atoms in total. The van der Waals surface area contributed by atoms with E-state index in [0.717, 1.165) is 25.2 Å². The fourth-order valence-corrected chi connectivity index (χ4v) is 3.07. The van der Waals surface area contributed by atoms with E-state index in [-0.39, 0.29) is 5.91 Å². The molecule has 2 heterocycles. The van der Waals surface area contributed by atoms with Crippen molar-refractivity contribution in [2.75, 3.05) is 18.0 Å². The first-order valence-corrected chi connectivity index (χ1v) is 5.88. The van der Waals surface area contributed by atoms with Crippen molar-refractivity contribution < 1.29 is 4.79 Å². The topological polar surface area (TPSA) is 32.3 Å². The summed E-state index contributed by atoms with van der Waals surface area (Å²) in [6.07, 6.45) is 1.05. The van der Waals surface area contributed by atoms with Gasteiger partial charge < -0.3 is 10.2 Å². The third kappa shape index (κ3) is 1.28. The molecule has 1 aromatic rings. The highest BCUT2D eigenvalue weighted by Crippen LogP contribution is 2.42. The number of hydrogen-bond donors (Lipinski definition) is 1. The van der Waals surface area contributed by atoms with Crippen LogP contribution in [0.15, 0.2) is 24.3 Å². The Hall–Kier alpha value is -1.35. The van der Waals surface area contributed by atoms with Crippen LogP contribution in [0.2, 0.25) is 0 Å². The second kappa shape index (κ2) is 3.59. The van der Waals surface area contributed by atoms with Gasteiger partial charge in [-0.25, -0.2) is 0 Å². The van der Waals surface area contributed by atoms with E-state index in [9.17, 15) is 4.79 Å². The predicted molar refractivity (Wildman–Crippen MR) is 63.6 cm³/mol. The van der Waals surface area contributed by atoms with Crippen molar-refractivity contribution in [3.8, 4) is 0 Å². The van der Waals surface area contributed by atoms with Gasteiger partial charge in [-0.3, -0.25) is 4.79 Å². The Kier molecular flexibility index (Phi) is 2.21. The third-order valence-corrected chi connectivity index (χ3v) is 3.71. The molecule has 0 unspecified atom stereocenters. The lowest BCUT2D eigenvalue weighted by Crippen LogP contribution is -2.45. The Morgan fingerprint density at radius 1 is 1.44 bits per heavy atom. The molecule has 1 saturated heterocycles. The van der Waals surface area contributed by atoms with Crippen LogP contribution in [-0.4, -0.2) is 25.0 Å². The lowest BCUT2D eigenvalue weighted by Gasteiger charge is -2.31. The minimum absolute atomic E-state index is 0.168. The summed E-state index contributed by atoms with van der Waals surface area (Å²) in [6.45, 7) is 3.67. The number of rotatable bonds is 0. The van der Waals surface area contributed by atoms with E-state index in [1.165, 1.54) is 5.56 Å². The first kappa shape index (κ1) is 9.85. The number of nitrogens with one attached hydrogen (secondary N) is 1. The van der Waals surface area contributed by atoms with Crippen molar-refractivity contribution >= 4 is 11.6 Å². The predicted octanol–water partition coefficient (Wildman–Crippen LogP) is 1.50. The maximum atomic E-state index is 11.8. The summed E-state index contributed by atoms with van der Waals surface area (Å²) in [7, 11) is 0. The highest BCUT2D eigenvalue weighted by molar-refractivity contribution is 5.95. The minimum Gasteiger partial charge on any atom is -0.316 e. The number of carbonyl (C=O) groups is 1. The van der Waals surface area contributed by atoms with Crippen molar-refractivity contribution in [2.45, 2.75) is 25.3 Å². The van der Waals surface area contributed by atoms with E-state index in [2.05, 4.69) is 23.5 Å². The average Bonchev–Trinajstić information content (AvgIpc) is 2.63. The van der Waals surface area contributed by atoms with Crippen molar-refractivity contribution in [1.82, 2.24) is 5.32 Å². The molecule has 0 spiro atoms. The molecule has 0 saturated carbocycles. The first-order chi connectivity index (χ1) is 7.79. The molecule has 1 aromatic carbocycles. The van der Waals surface area contributed by atoms with Crippen LogP contribution < -0.4 is 10.2 Å². The molecule has 1 amide bonds. The van der Waals surface area contributed by atoms with Gasteiger partial charge in [0.05, 0.1) is 0 Å². The maximum Gasteiger partial charge on any atom is 0.224 e. The number of nitrogens with zero attached hydrogens (tertiary/aromatic N) is 1. The monoisotopic (exact) mass is 216 g/mol. The molecule has 0 aromatic heterocycles. The minimum atomic E-state index is 0.168. The maximum absolute atomic E-state index is 11.8. The molecule has 0 radical (unpaired) electrons. The molecular formula is C13H16N2O. The molecule has 0 aliphatic carbocycles. The molecule has 16 heavy (non-hydrogen) atoms. The molecule has 3 heteroatoms. The molecule has 0 bridgehead atoms. The van der Waals surface area contributed by atoms with Gasteiger partial charge in [0, 0.05) is 31.1 Å². The number of benzene rings is 1. The van der Waals surface area contributed by atoms with E-state index in [4.69, 9.17) is 0 Å². The highest BCUT2D eigenvalue weighted by Gasteiger charge is 2.41. The van der Waals surface area contributed by atoms with Crippen LogP contribution in [0, 0.1) is 0 Å². The molecular weight excluding hydrogens is 200 g/mol. The molecule has 2 aliphatic heterocycles. The third-order valence-electron chi connectivity index (χ3n) is 3.71. The summed E-state index contributed by atoms with van der Waals surface area (Å²) >= 11 is 0. The van der Waals surface area contributed by atoms with Gasteiger partial charge in [0.2, 0.25) is 5.91 Å².